The Kier molecular flexibility index (Phi) is 6.10. The Labute approximate surface area is 159 Å². The summed E-state index contributed by atoms with van der Waals surface area (Å²) in [5.74, 6) is 2.03. The lowest BCUT2D eigenvalue weighted by Crippen LogP contribution is -2.15. The molecule has 0 amide bonds. The molecule has 0 atom stereocenters. The van der Waals surface area contributed by atoms with Crippen LogP contribution in [0.1, 0.15) is 22.4 Å². The average Bonchev–Trinajstić information content (AvgIpc) is 2.92. The van der Waals surface area contributed by atoms with E-state index in [2.05, 4.69) is 61.2 Å². The third kappa shape index (κ3) is 4.81. The molecular formula is C21H25ClN2S. The van der Waals surface area contributed by atoms with Crippen LogP contribution in [0.25, 0.3) is 10.9 Å². The number of rotatable bonds is 7. The van der Waals surface area contributed by atoms with Crippen LogP contribution in [0, 0.1) is 6.92 Å². The Morgan fingerprint density at radius 2 is 1.80 bits per heavy atom. The van der Waals surface area contributed by atoms with E-state index >= 15 is 0 Å². The van der Waals surface area contributed by atoms with Gasteiger partial charge in [-0.3, -0.25) is 0 Å². The number of halogens is 1. The summed E-state index contributed by atoms with van der Waals surface area (Å²) in [5.41, 5.74) is 6.72. The molecule has 0 saturated heterocycles. The first-order valence-corrected chi connectivity index (χ1v) is 10.1. The minimum atomic E-state index is 0.798. The van der Waals surface area contributed by atoms with E-state index in [1.54, 1.807) is 0 Å². The number of hydrogen-bond donors (Lipinski definition) is 1. The highest BCUT2D eigenvalue weighted by Gasteiger charge is 2.12. The Bertz CT molecular complexity index is 837. The average molecular weight is 373 g/mol. The fraction of sp³-hybridized carbons (Fsp3) is 0.333. The number of likely N-dealkylation sites (N-methyl/N-ethyl adjacent to an activating group) is 1. The molecule has 0 bridgehead atoms. The van der Waals surface area contributed by atoms with Gasteiger partial charge in [0.2, 0.25) is 0 Å². The van der Waals surface area contributed by atoms with Gasteiger partial charge in [-0.25, -0.2) is 0 Å². The van der Waals surface area contributed by atoms with Gasteiger partial charge in [-0.1, -0.05) is 35.4 Å². The highest BCUT2D eigenvalue weighted by Crippen LogP contribution is 2.29. The Morgan fingerprint density at radius 1 is 1.04 bits per heavy atom. The number of benzene rings is 2. The topological polar surface area (TPSA) is 19.0 Å². The van der Waals surface area contributed by atoms with Crippen LogP contribution < -0.4 is 0 Å². The van der Waals surface area contributed by atoms with Crippen LogP contribution in [0.3, 0.4) is 0 Å². The van der Waals surface area contributed by atoms with E-state index in [0.717, 1.165) is 29.5 Å². The molecule has 2 aromatic carbocycles. The summed E-state index contributed by atoms with van der Waals surface area (Å²) in [7, 11) is 4.25. The highest BCUT2D eigenvalue weighted by molar-refractivity contribution is 7.97. The molecule has 2 nitrogen and oxygen atoms in total. The summed E-state index contributed by atoms with van der Waals surface area (Å²) in [6, 6.07) is 14.9. The second-order valence-corrected chi connectivity index (χ2v) is 8.23. The predicted molar refractivity (Wildman–Crippen MR) is 112 cm³/mol. The number of hydrogen-bond acceptors (Lipinski definition) is 2. The van der Waals surface area contributed by atoms with Crippen LogP contribution in [0.4, 0.5) is 0 Å². The Hall–Kier alpha value is -1.42. The molecular weight excluding hydrogens is 348 g/mol. The molecule has 0 radical (unpaired) electrons. The highest BCUT2D eigenvalue weighted by atomic mass is 35.5. The molecule has 132 valence electrons. The smallest absolute Gasteiger partial charge is 0.0459 e. The van der Waals surface area contributed by atoms with Crippen molar-refractivity contribution < 1.29 is 0 Å². The largest absolute Gasteiger partial charge is 0.358 e. The second-order valence-electron chi connectivity index (χ2n) is 6.80. The summed E-state index contributed by atoms with van der Waals surface area (Å²) in [6.45, 7) is 3.22. The number of aromatic nitrogens is 1. The van der Waals surface area contributed by atoms with E-state index in [1.807, 2.05) is 23.9 Å². The van der Waals surface area contributed by atoms with E-state index in [4.69, 9.17) is 11.6 Å². The van der Waals surface area contributed by atoms with Gasteiger partial charge < -0.3 is 9.88 Å². The molecule has 0 spiro atoms. The van der Waals surface area contributed by atoms with Gasteiger partial charge in [-0.15, -0.1) is 0 Å². The van der Waals surface area contributed by atoms with Crippen LogP contribution in [0.15, 0.2) is 42.5 Å². The van der Waals surface area contributed by atoms with Crippen molar-refractivity contribution in [1.29, 1.82) is 0 Å². The Morgan fingerprint density at radius 3 is 2.52 bits per heavy atom. The van der Waals surface area contributed by atoms with Crippen LogP contribution in [-0.4, -0.2) is 30.5 Å². The van der Waals surface area contributed by atoms with E-state index in [-0.39, 0.29) is 0 Å². The zero-order valence-corrected chi connectivity index (χ0v) is 16.7. The molecule has 0 aliphatic carbocycles. The molecule has 1 aromatic heterocycles. The number of nitrogens with zero attached hydrogens (tertiary/aromatic N) is 1. The van der Waals surface area contributed by atoms with Gasteiger partial charge in [0.1, 0.15) is 0 Å². The first-order chi connectivity index (χ1) is 12.0. The van der Waals surface area contributed by atoms with Crippen molar-refractivity contribution in [2.24, 2.45) is 0 Å². The van der Waals surface area contributed by atoms with Crippen molar-refractivity contribution in [2.45, 2.75) is 24.9 Å². The zero-order chi connectivity index (χ0) is 17.8. The number of aromatic amines is 1. The third-order valence-electron chi connectivity index (χ3n) is 4.39. The standard InChI is InChI=1S/C21H25ClN2S/c1-15-4-9-20-18(12-15)19(21(23-20)10-11-24(2)3)14-25-13-16-5-7-17(22)8-6-16/h4-9,12,23H,10-11,13-14H2,1-3H3. The first kappa shape index (κ1) is 18.4. The maximum atomic E-state index is 5.97. The molecule has 0 saturated carbocycles. The van der Waals surface area contributed by atoms with Gasteiger partial charge in [0.15, 0.2) is 0 Å². The lowest BCUT2D eigenvalue weighted by Gasteiger charge is -2.10. The monoisotopic (exact) mass is 372 g/mol. The third-order valence-corrected chi connectivity index (χ3v) is 5.67. The van der Waals surface area contributed by atoms with E-state index < -0.39 is 0 Å². The molecule has 0 aliphatic heterocycles. The fourth-order valence-corrected chi connectivity index (χ4v) is 4.17. The Balaban J connectivity index is 1.78. The van der Waals surface area contributed by atoms with Crippen molar-refractivity contribution in [1.82, 2.24) is 9.88 Å². The van der Waals surface area contributed by atoms with Crippen molar-refractivity contribution in [2.75, 3.05) is 20.6 Å². The van der Waals surface area contributed by atoms with Gasteiger partial charge in [0.05, 0.1) is 0 Å². The predicted octanol–water partition coefficient (Wildman–Crippen LogP) is 5.67. The molecule has 1 heterocycles. The molecule has 0 aliphatic rings. The SMILES string of the molecule is Cc1ccc2[nH]c(CCN(C)C)c(CSCc3ccc(Cl)cc3)c2c1. The second kappa shape index (κ2) is 8.31. The number of fused-ring (bicyclic) bond motifs is 1. The van der Waals surface area contributed by atoms with E-state index in [0.29, 0.717) is 0 Å². The summed E-state index contributed by atoms with van der Waals surface area (Å²) in [6.07, 6.45) is 1.05. The summed E-state index contributed by atoms with van der Waals surface area (Å²) < 4.78 is 0. The molecule has 3 rings (SSSR count). The number of thioether (sulfide) groups is 1. The van der Waals surface area contributed by atoms with Gasteiger partial charge in [0, 0.05) is 46.1 Å². The summed E-state index contributed by atoms with van der Waals surface area (Å²) in [4.78, 5) is 5.88. The normalized spacial score (nSPS) is 11.6. The first-order valence-electron chi connectivity index (χ1n) is 8.60. The molecule has 25 heavy (non-hydrogen) atoms. The van der Waals surface area contributed by atoms with Crippen LogP contribution in [0.5, 0.6) is 0 Å². The van der Waals surface area contributed by atoms with Gasteiger partial charge in [-0.2, -0.15) is 11.8 Å². The fourth-order valence-electron chi connectivity index (χ4n) is 2.98. The van der Waals surface area contributed by atoms with Crippen molar-refractivity contribution in [3.63, 3.8) is 0 Å². The minimum absolute atomic E-state index is 0.798. The summed E-state index contributed by atoms with van der Waals surface area (Å²) in [5, 5.41) is 2.17. The van der Waals surface area contributed by atoms with Gasteiger partial charge >= 0.3 is 0 Å². The lowest BCUT2D eigenvalue weighted by molar-refractivity contribution is 0.412. The van der Waals surface area contributed by atoms with Crippen molar-refractivity contribution >= 4 is 34.3 Å². The van der Waals surface area contributed by atoms with Crippen LogP contribution in [0.2, 0.25) is 5.02 Å². The lowest BCUT2D eigenvalue weighted by atomic mass is 10.1. The van der Waals surface area contributed by atoms with Crippen LogP contribution >= 0.6 is 23.4 Å². The number of H-pyrrole nitrogens is 1. The zero-order valence-electron chi connectivity index (χ0n) is 15.1. The molecule has 0 unspecified atom stereocenters. The number of nitrogens with one attached hydrogen (secondary N) is 1. The quantitative estimate of drug-likeness (QED) is 0.576. The minimum Gasteiger partial charge on any atom is -0.358 e. The van der Waals surface area contributed by atoms with E-state index in [9.17, 15) is 0 Å². The molecule has 3 aromatic rings. The van der Waals surface area contributed by atoms with Gasteiger partial charge in [0.25, 0.3) is 0 Å². The maximum absolute atomic E-state index is 5.97. The van der Waals surface area contributed by atoms with Crippen molar-refractivity contribution in [3.05, 3.63) is 69.9 Å². The maximum Gasteiger partial charge on any atom is 0.0459 e. The molecule has 4 heteroatoms. The number of aryl methyl sites for hydroxylation is 1. The molecule has 0 fully saturated rings. The van der Waals surface area contributed by atoms with Gasteiger partial charge in [-0.05, 0) is 56.4 Å². The summed E-state index contributed by atoms with van der Waals surface area (Å²) >= 11 is 7.94. The van der Waals surface area contributed by atoms with Crippen molar-refractivity contribution in [3.8, 4) is 0 Å². The van der Waals surface area contributed by atoms with E-state index in [1.165, 1.54) is 33.3 Å². The molecule has 1 N–H and O–H groups in total. The van der Waals surface area contributed by atoms with Crippen LogP contribution in [-0.2, 0) is 17.9 Å².